The molecule has 2 aromatic carbocycles. The summed E-state index contributed by atoms with van der Waals surface area (Å²) in [5.74, 6) is 0.869. The van der Waals surface area contributed by atoms with Crippen LogP contribution in [0.1, 0.15) is 49.0 Å². The molecule has 2 atom stereocenters. The number of hydrogen-bond donors (Lipinski definition) is 0. The van der Waals surface area contributed by atoms with Gasteiger partial charge in [0.15, 0.2) is 6.61 Å². The van der Waals surface area contributed by atoms with Gasteiger partial charge in [0, 0.05) is 12.1 Å². The van der Waals surface area contributed by atoms with E-state index in [0.29, 0.717) is 11.3 Å². The van der Waals surface area contributed by atoms with Crippen LogP contribution in [0.4, 0.5) is 0 Å². The minimum absolute atomic E-state index is 0.00297. The summed E-state index contributed by atoms with van der Waals surface area (Å²) < 4.78 is 16.5. The molecule has 6 nitrogen and oxygen atoms in total. The first kappa shape index (κ1) is 22.7. The number of nitrogens with zero attached hydrogens (tertiary/aromatic N) is 1. The van der Waals surface area contributed by atoms with Gasteiger partial charge in [-0.3, -0.25) is 4.79 Å². The third kappa shape index (κ3) is 6.48. The zero-order valence-corrected chi connectivity index (χ0v) is 18.5. The van der Waals surface area contributed by atoms with Crippen LogP contribution in [0.5, 0.6) is 11.5 Å². The second-order valence-electron chi connectivity index (χ2n) is 8.04. The molecule has 2 unspecified atom stereocenters. The molecule has 31 heavy (non-hydrogen) atoms. The Kier molecular flexibility index (Phi) is 7.93. The van der Waals surface area contributed by atoms with Crippen molar-refractivity contribution < 1.29 is 23.8 Å². The molecule has 0 N–H and O–H groups in total. The standard InChI is InChI=1S/C25H31NO5/c1-18-6-4-9-23(16-18)29-14-15-30-25(28)21-10-12-22(13-11-21)31-17-24(27)26-19(2)7-5-8-20(26)3/h4,6,9-13,16,19-20H,5,7-8,14-15,17H2,1-3H3. The molecule has 0 aromatic heterocycles. The summed E-state index contributed by atoms with van der Waals surface area (Å²) in [5.41, 5.74) is 1.53. The minimum atomic E-state index is -0.425. The second kappa shape index (κ2) is 10.8. The lowest BCUT2D eigenvalue weighted by Crippen LogP contribution is -2.49. The number of amides is 1. The van der Waals surface area contributed by atoms with Crippen molar-refractivity contribution in [3.05, 3.63) is 59.7 Å². The highest BCUT2D eigenvalue weighted by Crippen LogP contribution is 2.23. The number of piperidine rings is 1. The lowest BCUT2D eigenvalue weighted by atomic mass is 9.97. The number of esters is 1. The van der Waals surface area contributed by atoms with Gasteiger partial charge in [-0.15, -0.1) is 0 Å². The van der Waals surface area contributed by atoms with E-state index in [2.05, 4.69) is 13.8 Å². The Bertz CT molecular complexity index is 870. The van der Waals surface area contributed by atoms with E-state index in [4.69, 9.17) is 14.2 Å². The van der Waals surface area contributed by atoms with Gasteiger partial charge in [0.25, 0.3) is 5.91 Å². The van der Waals surface area contributed by atoms with Crippen LogP contribution in [0, 0.1) is 6.92 Å². The van der Waals surface area contributed by atoms with Crippen molar-refractivity contribution in [3.8, 4) is 11.5 Å². The van der Waals surface area contributed by atoms with Crippen molar-refractivity contribution in [2.75, 3.05) is 19.8 Å². The number of likely N-dealkylation sites (tertiary alicyclic amines) is 1. The first-order chi connectivity index (χ1) is 14.9. The summed E-state index contributed by atoms with van der Waals surface area (Å²) in [6, 6.07) is 14.8. The molecule has 1 amide bonds. The molecule has 6 heteroatoms. The molecule has 166 valence electrons. The molecule has 0 spiro atoms. The second-order valence-corrected chi connectivity index (χ2v) is 8.04. The Morgan fingerprint density at radius 3 is 2.32 bits per heavy atom. The molecular weight excluding hydrogens is 394 g/mol. The van der Waals surface area contributed by atoms with Gasteiger partial charge in [-0.1, -0.05) is 12.1 Å². The molecule has 1 fully saturated rings. The highest BCUT2D eigenvalue weighted by atomic mass is 16.6. The monoisotopic (exact) mass is 425 g/mol. The topological polar surface area (TPSA) is 65.1 Å². The molecule has 1 heterocycles. The SMILES string of the molecule is Cc1cccc(OCCOC(=O)c2ccc(OCC(=O)N3C(C)CCCC3C)cc2)c1. The molecule has 0 aliphatic carbocycles. The highest BCUT2D eigenvalue weighted by molar-refractivity contribution is 5.89. The van der Waals surface area contributed by atoms with Crippen LogP contribution < -0.4 is 9.47 Å². The van der Waals surface area contributed by atoms with E-state index in [9.17, 15) is 9.59 Å². The van der Waals surface area contributed by atoms with E-state index in [1.807, 2.05) is 36.1 Å². The summed E-state index contributed by atoms with van der Waals surface area (Å²) in [7, 11) is 0. The molecule has 1 saturated heterocycles. The fourth-order valence-corrected chi connectivity index (χ4v) is 3.90. The van der Waals surface area contributed by atoms with Crippen LogP contribution >= 0.6 is 0 Å². The largest absolute Gasteiger partial charge is 0.490 e. The Hall–Kier alpha value is -3.02. The zero-order valence-electron chi connectivity index (χ0n) is 18.5. The quantitative estimate of drug-likeness (QED) is 0.463. The first-order valence-corrected chi connectivity index (χ1v) is 10.8. The van der Waals surface area contributed by atoms with Crippen LogP contribution in [0.3, 0.4) is 0 Å². The van der Waals surface area contributed by atoms with Gasteiger partial charge in [0.05, 0.1) is 5.56 Å². The first-order valence-electron chi connectivity index (χ1n) is 10.8. The third-order valence-electron chi connectivity index (χ3n) is 5.51. The normalized spacial score (nSPS) is 18.4. The van der Waals surface area contributed by atoms with Gasteiger partial charge in [-0.05, 0) is 82.0 Å². The van der Waals surface area contributed by atoms with Crippen molar-refractivity contribution in [3.63, 3.8) is 0 Å². The van der Waals surface area contributed by atoms with Crippen molar-refractivity contribution >= 4 is 11.9 Å². The van der Waals surface area contributed by atoms with E-state index in [1.54, 1.807) is 24.3 Å². The van der Waals surface area contributed by atoms with Crippen LogP contribution in [0.15, 0.2) is 48.5 Å². The average molecular weight is 426 g/mol. The number of rotatable bonds is 8. The maximum absolute atomic E-state index is 12.6. The lowest BCUT2D eigenvalue weighted by molar-refractivity contribution is -0.139. The van der Waals surface area contributed by atoms with Gasteiger partial charge in [-0.2, -0.15) is 0 Å². The van der Waals surface area contributed by atoms with Crippen LogP contribution in [0.25, 0.3) is 0 Å². The van der Waals surface area contributed by atoms with Crippen LogP contribution in [0.2, 0.25) is 0 Å². The summed E-state index contributed by atoms with van der Waals surface area (Å²) in [6.07, 6.45) is 3.22. The summed E-state index contributed by atoms with van der Waals surface area (Å²) in [5, 5.41) is 0. The zero-order chi connectivity index (χ0) is 22.2. The van der Waals surface area contributed by atoms with Crippen LogP contribution in [-0.4, -0.2) is 48.7 Å². The molecule has 0 saturated carbocycles. The average Bonchev–Trinajstić information content (AvgIpc) is 2.75. The molecular formula is C25H31NO5. The molecule has 0 bridgehead atoms. The lowest BCUT2D eigenvalue weighted by Gasteiger charge is -2.38. The van der Waals surface area contributed by atoms with Gasteiger partial charge in [0.2, 0.25) is 0 Å². The summed E-state index contributed by atoms with van der Waals surface area (Å²) >= 11 is 0. The molecule has 1 aliphatic rings. The fraction of sp³-hybridized carbons (Fsp3) is 0.440. The number of hydrogen-bond acceptors (Lipinski definition) is 5. The van der Waals surface area contributed by atoms with Gasteiger partial charge < -0.3 is 19.1 Å². The smallest absolute Gasteiger partial charge is 0.338 e. The number of benzene rings is 2. The van der Waals surface area contributed by atoms with E-state index in [1.165, 1.54) is 0 Å². The predicted molar refractivity (Wildman–Crippen MR) is 119 cm³/mol. The van der Waals surface area contributed by atoms with Gasteiger partial charge >= 0.3 is 5.97 Å². The molecule has 1 aliphatic heterocycles. The van der Waals surface area contributed by atoms with E-state index in [-0.39, 0.29) is 37.8 Å². The third-order valence-corrected chi connectivity index (χ3v) is 5.51. The number of aryl methyl sites for hydroxylation is 1. The highest BCUT2D eigenvalue weighted by Gasteiger charge is 2.28. The number of ether oxygens (including phenoxy) is 3. The van der Waals surface area contributed by atoms with E-state index >= 15 is 0 Å². The van der Waals surface area contributed by atoms with Gasteiger partial charge in [0.1, 0.15) is 24.7 Å². The van der Waals surface area contributed by atoms with Crippen molar-refractivity contribution in [2.45, 2.75) is 52.1 Å². The Morgan fingerprint density at radius 2 is 1.65 bits per heavy atom. The Balaban J connectivity index is 1.41. The predicted octanol–water partition coefficient (Wildman–Crippen LogP) is 4.40. The maximum atomic E-state index is 12.6. The van der Waals surface area contributed by atoms with Crippen molar-refractivity contribution in [1.82, 2.24) is 4.90 Å². The van der Waals surface area contributed by atoms with Crippen LogP contribution in [-0.2, 0) is 9.53 Å². The Labute approximate surface area is 184 Å². The molecule has 3 rings (SSSR count). The van der Waals surface area contributed by atoms with Gasteiger partial charge in [-0.25, -0.2) is 4.79 Å². The maximum Gasteiger partial charge on any atom is 0.338 e. The molecule has 0 radical (unpaired) electrons. The minimum Gasteiger partial charge on any atom is -0.490 e. The summed E-state index contributed by atoms with van der Waals surface area (Å²) in [6.45, 7) is 6.59. The number of carbonyl (C=O) groups is 2. The summed E-state index contributed by atoms with van der Waals surface area (Å²) in [4.78, 5) is 26.7. The van der Waals surface area contributed by atoms with Crippen molar-refractivity contribution in [1.29, 1.82) is 0 Å². The number of carbonyl (C=O) groups excluding carboxylic acids is 2. The van der Waals surface area contributed by atoms with E-state index < -0.39 is 5.97 Å². The van der Waals surface area contributed by atoms with Crippen molar-refractivity contribution in [2.24, 2.45) is 0 Å². The van der Waals surface area contributed by atoms with E-state index in [0.717, 1.165) is 30.6 Å². The fourth-order valence-electron chi connectivity index (χ4n) is 3.90. The molecule has 2 aromatic rings. The Morgan fingerprint density at radius 1 is 0.935 bits per heavy atom.